The minimum absolute atomic E-state index is 0.0666. The Morgan fingerprint density at radius 2 is 1.37 bits per heavy atom. The number of hydrogen-bond donors (Lipinski definition) is 2. The van der Waals surface area contributed by atoms with Crippen molar-refractivity contribution in [3.05, 3.63) is 94.0 Å². The minimum Gasteiger partial charge on any atom is -0.858 e. The molecule has 0 aliphatic rings. The van der Waals surface area contributed by atoms with Gasteiger partial charge in [-0.2, -0.15) is 0 Å². The topological polar surface area (TPSA) is 103 Å². The Morgan fingerprint density at radius 3 is 1.89 bits per heavy atom. The summed E-state index contributed by atoms with van der Waals surface area (Å²) in [5, 5.41) is 22.8. The summed E-state index contributed by atoms with van der Waals surface area (Å²) >= 11 is 0. The summed E-state index contributed by atoms with van der Waals surface area (Å²) in [5.74, 6) is -0.455. The maximum atomic E-state index is 12.2. The first-order valence-corrected chi connectivity index (χ1v) is 8.20. The van der Waals surface area contributed by atoms with Crippen molar-refractivity contribution < 1.29 is 10.0 Å². The van der Waals surface area contributed by atoms with E-state index in [1.54, 1.807) is 24.3 Å². The van der Waals surface area contributed by atoms with Crippen LogP contribution in [0.1, 0.15) is 11.1 Å². The van der Waals surface area contributed by atoms with Crippen LogP contribution in [0.5, 0.6) is 0 Å². The highest BCUT2D eigenvalue weighted by Gasteiger charge is 2.03. The molecule has 0 saturated carbocycles. The number of nitro groups is 1. The summed E-state index contributed by atoms with van der Waals surface area (Å²) in [6.07, 6.45) is 0. The van der Waals surface area contributed by atoms with Gasteiger partial charge in [-0.05, 0) is 66.9 Å². The average molecular weight is 361 g/mol. The van der Waals surface area contributed by atoms with Crippen LogP contribution in [0.4, 0.5) is 22.7 Å². The summed E-state index contributed by atoms with van der Waals surface area (Å²) in [5.41, 5.74) is 9.82. The van der Waals surface area contributed by atoms with E-state index in [9.17, 15) is 15.2 Å². The number of aliphatic imine (C=N–C) groups is 1. The Balaban J connectivity index is 1.64. The van der Waals surface area contributed by atoms with Gasteiger partial charge < -0.3 is 16.0 Å². The van der Waals surface area contributed by atoms with Crippen molar-refractivity contribution in [2.75, 3.05) is 10.9 Å². The van der Waals surface area contributed by atoms with Crippen molar-refractivity contribution in [1.82, 2.24) is 0 Å². The fraction of sp³-hybridized carbons (Fsp3) is 0.0500. The number of benzene rings is 3. The fourth-order valence-electron chi connectivity index (χ4n) is 2.31. The van der Waals surface area contributed by atoms with E-state index in [4.69, 9.17) is 0 Å². The second-order valence-electron chi connectivity index (χ2n) is 5.88. The van der Waals surface area contributed by atoms with Crippen LogP contribution in [0.15, 0.2) is 77.8 Å². The van der Waals surface area contributed by atoms with Crippen molar-refractivity contribution in [2.24, 2.45) is 4.99 Å². The summed E-state index contributed by atoms with van der Waals surface area (Å²) in [6, 6.07) is 20.3. The first kappa shape index (κ1) is 17.9. The van der Waals surface area contributed by atoms with E-state index in [0.717, 1.165) is 11.4 Å². The third-order valence-electron chi connectivity index (χ3n) is 3.83. The zero-order valence-electron chi connectivity index (χ0n) is 14.5. The molecule has 2 N–H and O–H groups in total. The van der Waals surface area contributed by atoms with Crippen LogP contribution in [-0.4, -0.2) is 10.8 Å². The molecule has 7 heteroatoms. The Bertz CT molecular complexity index is 950. The molecule has 0 heterocycles. The van der Waals surface area contributed by atoms with E-state index in [1.807, 2.05) is 31.2 Å². The maximum Gasteiger partial charge on any atom is 0.269 e. The normalized spacial score (nSPS) is 11.1. The van der Waals surface area contributed by atoms with Crippen molar-refractivity contribution in [3.63, 3.8) is 0 Å². The third-order valence-corrected chi connectivity index (χ3v) is 3.83. The van der Waals surface area contributed by atoms with Gasteiger partial charge >= 0.3 is 0 Å². The van der Waals surface area contributed by atoms with Crippen LogP contribution in [0, 0.1) is 17.0 Å². The monoisotopic (exact) mass is 361 g/mol. The third kappa shape index (κ3) is 4.82. The van der Waals surface area contributed by atoms with E-state index in [2.05, 4.69) is 15.8 Å². The Kier molecular flexibility index (Phi) is 5.32. The van der Waals surface area contributed by atoms with E-state index < -0.39 is 10.8 Å². The maximum absolute atomic E-state index is 12.2. The number of rotatable bonds is 6. The van der Waals surface area contributed by atoms with Gasteiger partial charge in [0.15, 0.2) is 0 Å². The van der Waals surface area contributed by atoms with Crippen molar-refractivity contribution in [3.8, 4) is 0 Å². The molecule has 0 bridgehead atoms. The second kappa shape index (κ2) is 8.01. The summed E-state index contributed by atoms with van der Waals surface area (Å²) in [4.78, 5) is 14.2. The smallest absolute Gasteiger partial charge is 0.269 e. The number of nitro benzene ring substituents is 1. The molecule has 3 rings (SSSR count). The molecule has 136 valence electrons. The average Bonchev–Trinajstić information content (AvgIpc) is 2.68. The van der Waals surface area contributed by atoms with E-state index >= 15 is 0 Å². The largest absolute Gasteiger partial charge is 0.858 e. The fourth-order valence-corrected chi connectivity index (χ4v) is 2.31. The molecule has 0 radical (unpaired) electrons. The molecule has 0 unspecified atom stereocenters. The predicted octanol–water partition coefficient (Wildman–Crippen LogP) is 3.78. The first-order chi connectivity index (χ1) is 13.0. The molecule has 0 aliphatic carbocycles. The van der Waals surface area contributed by atoms with Crippen LogP contribution < -0.4 is 16.0 Å². The lowest BCUT2D eigenvalue weighted by molar-refractivity contribution is -0.384. The highest BCUT2D eigenvalue weighted by Crippen LogP contribution is 2.19. The molecule has 27 heavy (non-hydrogen) atoms. The van der Waals surface area contributed by atoms with E-state index in [-0.39, 0.29) is 5.69 Å². The molecule has 0 amide bonds. The molecule has 0 aromatic heterocycles. The van der Waals surface area contributed by atoms with Gasteiger partial charge in [-0.1, -0.05) is 17.7 Å². The van der Waals surface area contributed by atoms with Crippen molar-refractivity contribution >= 4 is 28.6 Å². The van der Waals surface area contributed by atoms with Crippen LogP contribution in [0.2, 0.25) is 0 Å². The van der Waals surface area contributed by atoms with Crippen LogP contribution in [-0.2, 0) is 0 Å². The molecule has 0 aliphatic heterocycles. The number of nitrogens with zero attached hydrogens (tertiary/aromatic N) is 2. The SMILES string of the molecule is Cc1ccc(NNc2ccc(N=C([O-])c3ccc([N+](=O)[O-])cc3)cc2)cc1. The van der Waals surface area contributed by atoms with Crippen LogP contribution >= 0.6 is 0 Å². The Labute approximate surface area is 156 Å². The molecule has 0 saturated heterocycles. The Hall–Kier alpha value is -3.87. The van der Waals surface area contributed by atoms with Gasteiger partial charge in [0.05, 0.1) is 22.0 Å². The molecule has 3 aromatic rings. The lowest BCUT2D eigenvalue weighted by atomic mass is 10.2. The van der Waals surface area contributed by atoms with Gasteiger partial charge in [0.1, 0.15) is 0 Å². The number of aryl methyl sites for hydroxylation is 1. The molecular weight excluding hydrogens is 344 g/mol. The van der Waals surface area contributed by atoms with Gasteiger partial charge in [-0.3, -0.25) is 15.1 Å². The lowest BCUT2D eigenvalue weighted by Gasteiger charge is -2.12. The zero-order valence-corrected chi connectivity index (χ0v) is 14.5. The lowest BCUT2D eigenvalue weighted by Crippen LogP contribution is -2.18. The first-order valence-electron chi connectivity index (χ1n) is 8.20. The minimum atomic E-state index is -0.512. The quantitative estimate of drug-likeness (QED) is 0.301. The molecule has 0 fully saturated rings. The van der Waals surface area contributed by atoms with Gasteiger partial charge in [-0.15, -0.1) is 0 Å². The molecule has 0 spiro atoms. The van der Waals surface area contributed by atoms with Crippen LogP contribution in [0.25, 0.3) is 0 Å². The second-order valence-corrected chi connectivity index (χ2v) is 5.88. The molecule has 3 aromatic carbocycles. The zero-order chi connectivity index (χ0) is 19.2. The number of non-ortho nitro benzene ring substituents is 1. The van der Waals surface area contributed by atoms with Crippen molar-refractivity contribution in [2.45, 2.75) is 6.92 Å². The summed E-state index contributed by atoms with van der Waals surface area (Å²) < 4.78 is 0. The summed E-state index contributed by atoms with van der Waals surface area (Å²) in [6.45, 7) is 2.03. The number of nitrogens with one attached hydrogen (secondary N) is 2. The highest BCUT2D eigenvalue weighted by molar-refractivity contribution is 5.92. The molecule has 0 atom stereocenters. The van der Waals surface area contributed by atoms with Gasteiger partial charge in [0, 0.05) is 12.1 Å². The number of anilines is 2. The van der Waals surface area contributed by atoms with Crippen molar-refractivity contribution in [1.29, 1.82) is 0 Å². The van der Waals surface area contributed by atoms with Gasteiger partial charge in [-0.25, -0.2) is 0 Å². The molecule has 7 nitrogen and oxygen atoms in total. The van der Waals surface area contributed by atoms with Crippen LogP contribution in [0.3, 0.4) is 0 Å². The van der Waals surface area contributed by atoms with E-state index in [0.29, 0.717) is 11.3 Å². The summed E-state index contributed by atoms with van der Waals surface area (Å²) in [7, 11) is 0. The standard InChI is InChI=1S/C20H18N4O3/c1-14-2-6-17(7-3-14)22-23-18-10-8-16(9-11-18)21-20(25)15-4-12-19(13-5-15)24(26)27/h2-13,22-23H,1H3,(H,21,25)/p-1. The Morgan fingerprint density at radius 1 is 0.852 bits per heavy atom. The highest BCUT2D eigenvalue weighted by atomic mass is 16.6. The van der Waals surface area contributed by atoms with Gasteiger partial charge in [0.25, 0.3) is 5.69 Å². The van der Waals surface area contributed by atoms with E-state index in [1.165, 1.54) is 29.8 Å². The number of hydrazine groups is 1. The van der Waals surface area contributed by atoms with Gasteiger partial charge in [0.2, 0.25) is 0 Å². The predicted molar refractivity (Wildman–Crippen MR) is 104 cm³/mol. The number of hydrogen-bond acceptors (Lipinski definition) is 6. The molecular formula is C20H17N4O3-.